The van der Waals surface area contributed by atoms with E-state index >= 15 is 0 Å². The summed E-state index contributed by atoms with van der Waals surface area (Å²) in [5, 5.41) is 27.2. The summed E-state index contributed by atoms with van der Waals surface area (Å²) in [5.41, 5.74) is 7.06. The molecule has 0 unspecified atom stereocenters. The second kappa shape index (κ2) is 8.40. The topological polar surface area (TPSA) is 98.3 Å². The number of pyridine rings is 1. The normalized spacial score (nSPS) is 25.4. The average Bonchev–Trinajstić information content (AvgIpc) is 3.51. The summed E-state index contributed by atoms with van der Waals surface area (Å²) in [6.07, 6.45) is 6.12. The van der Waals surface area contributed by atoms with Gasteiger partial charge in [-0.2, -0.15) is 10.4 Å². The van der Waals surface area contributed by atoms with Crippen molar-refractivity contribution in [3.05, 3.63) is 53.4 Å². The van der Waals surface area contributed by atoms with Gasteiger partial charge in [0.2, 0.25) is 5.91 Å². The van der Waals surface area contributed by atoms with Crippen LogP contribution in [0.15, 0.2) is 31.0 Å². The molecule has 206 valence electrons. The van der Waals surface area contributed by atoms with Crippen molar-refractivity contribution >= 4 is 22.6 Å². The van der Waals surface area contributed by atoms with Crippen LogP contribution in [0.3, 0.4) is 0 Å². The second-order valence-corrected chi connectivity index (χ2v) is 13.0. The molecule has 3 aromatic rings. The Morgan fingerprint density at radius 2 is 2.08 bits per heavy atom. The highest BCUT2D eigenvalue weighted by molar-refractivity contribution is 5.99. The molecular weight excluding hydrogens is 500 g/mol. The minimum Gasteiger partial charge on any atom is -0.394 e. The van der Waals surface area contributed by atoms with Gasteiger partial charge in [-0.05, 0) is 54.7 Å². The molecule has 40 heavy (non-hydrogen) atoms. The molecule has 3 atom stereocenters. The van der Waals surface area contributed by atoms with Gasteiger partial charge in [-0.3, -0.25) is 9.48 Å². The summed E-state index contributed by atoms with van der Waals surface area (Å²) in [6, 6.07) is 6.60. The second-order valence-electron chi connectivity index (χ2n) is 13.0. The van der Waals surface area contributed by atoms with E-state index in [1.54, 1.807) is 4.90 Å². The number of anilines is 1. The number of aliphatic hydroxyl groups is 1. The van der Waals surface area contributed by atoms with Crippen LogP contribution in [0.4, 0.5) is 5.82 Å². The molecule has 2 aromatic heterocycles. The lowest BCUT2D eigenvalue weighted by molar-refractivity contribution is -0.138. The molecule has 2 aliphatic heterocycles. The largest absolute Gasteiger partial charge is 0.394 e. The van der Waals surface area contributed by atoms with Crippen molar-refractivity contribution in [3.63, 3.8) is 0 Å². The lowest BCUT2D eigenvalue weighted by atomic mass is 9.48. The first-order valence-corrected chi connectivity index (χ1v) is 14.3. The van der Waals surface area contributed by atoms with Crippen molar-refractivity contribution in [3.8, 4) is 17.2 Å². The molecule has 1 N–H and O–H groups in total. The predicted molar refractivity (Wildman–Crippen MR) is 154 cm³/mol. The molecule has 1 saturated carbocycles. The minimum absolute atomic E-state index is 0.0532. The van der Waals surface area contributed by atoms with E-state index in [1.165, 1.54) is 11.6 Å². The summed E-state index contributed by atoms with van der Waals surface area (Å²) >= 11 is 0. The molecule has 2 bridgehead atoms. The molecule has 8 rings (SSSR count). The van der Waals surface area contributed by atoms with Gasteiger partial charge in [0.25, 0.3) is 0 Å². The predicted octanol–water partition coefficient (Wildman–Crippen LogP) is 4.09. The summed E-state index contributed by atoms with van der Waals surface area (Å²) < 4.78 is 1.92. The minimum atomic E-state index is -0.216. The number of aromatic nitrogens is 3. The van der Waals surface area contributed by atoms with E-state index in [2.05, 4.69) is 55.6 Å². The van der Waals surface area contributed by atoms with Crippen LogP contribution in [0.25, 0.3) is 22.0 Å². The maximum atomic E-state index is 12.3. The highest BCUT2D eigenvalue weighted by Gasteiger charge is 2.57. The summed E-state index contributed by atoms with van der Waals surface area (Å²) in [6.45, 7) is 12.3. The standard InChI is InChI=1S/C32H36N6O2/c1-6-25(40)37-16-32(17-37)9-10-38(24(32)15-39)30-22(13-33)27(21-11-20-12-23(28(21)35-30)31(20,3)4)26-18(2)7-8-19-14-34-36(5)29(19)26/h6-8,14,20,23-24,39H,1,9-12,15-17H2,2-5H3/t20-,23-,24-/m0/s1. The highest BCUT2D eigenvalue weighted by atomic mass is 16.3. The monoisotopic (exact) mass is 536 g/mol. The van der Waals surface area contributed by atoms with Gasteiger partial charge in [0.15, 0.2) is 0 Å². The average molecular weight is 537 g/mol. The Labute approximate surface area is 234 Å². The van der Waals surface area contributed by atoms with Gasteiger partial charge in [0.05, 0.1) is 30.1 Å². The Morgan fingerprint density at radius 1 is 1.30 bits per heavy atom. The Balaban J connectivity index is 1.45. The first-order chi connectivity index (χ1) is 19.1. The Hall–Kier alpha value is -3.70. The lowest BCUT2D eigenvalue weighted by Gasteiger charge is -2.57. The van der Waals surface area contributed by atoms with Gasteiger partial charge in [-0.1, -0.05) is 32.6 Å². The van der Waals surface area contributed by atoms with Crippen LogP contribution in [-0.4, -0.2) is 63.0 Å². The van der Waals surface area contributed by atoms with E-state index in [1.807, 2.05) is 17.9 Å². The maximum absolute atomic E-state index is 12.3. The number of fused-ring (bicyclic) bond motifs is 1. The number of nitrogens with zero attached hydrogens (tertiary/aromatic N) is 6. The van der Waals surface area contributed by atoms with Gasteiger partial charge >= 0.3 is 0 Å². The summed E-state index contributed by atoms with van der Waals surface area (Å²) in [5.74, 6) is 1.51. The fraction of sp³-hybridized carbons (Fsp3) is 0.500. The van der Waals surface area contributed by atoms with E-state index in [-0.39, 0.29) is 29.4 Å². The summed E-state index contributed by atoms with van der Waals surface area (Å²) in [7, 11) is 1.96. The van der Waals surface area contributed by atoms with Crippen molar-refractivity contribution in [1.82, 2.24) is 19.7 Å². The Kier molecular flexibility index (Phi) is 5.31. The molecule has 5 aliphatic rings. The number of amides is 1. The van der Waals surface area contributed by atoms with Crippen LogP contribution in [0, 0.1) is 35.0 Å². The number of hydrogen-bond acceptors (Lipinski definition) is 6. The molecule has 3 fully saturated rings. The van der Waals surface area contributed by atoms with Crippen LogP contribution in [0.2, 0.25) is 0 Å². The fourth-order valence-corrected chi connectivity index (χ4v) is 8.38. The van der Waals surface area contributed by atoms with Gasteiger partial charge in [0.1, 0.15) is 17.5 Å². The molecule has 1 amide bonds. The first kappa shape index (κ1) is 25.3. The quantitative estimate of drug-likeness (QED) is 0.505. The molecule has 8 nitrogen and oxygen atoms in total. The molecule has 3 aliphatic carbocycles. The third-order valence-corrected chi connectivity index (χ3v) is 10.9. The number of carbonyl (C=O) groups excluding carboxylic acids is 1. The maximum Gasteiger partial charge on any atom is 0.245 e. The smallest absolute Gasteiger partial charge is 0.245 e. The zero-order valence-corrected chi connectivity index (χ0v) is 23.7. The van der Waals surface area contributed by atoms with Crippen LogP contribution >= 0.6 is 0 Å². The molecule has 2 saturated heterocycles. The number of likely N-dealkylation sites (tertiary alicyclic amines) is 1. The molecular formula is C32H36N6O2. The van der Waals surface area contributed by atoms with Gasteiger partial charge < -0.3 is 14.9 Å². The number of aryl methyl sites for hydroxylation is 2. The van der Waals surface area contributed by atoms with Gasteiger partial charge in [-0.25, -0.2) is 4.98 Å². The molecule has 1 aromatic carbocycles. The molecule has 0 radical (unpaired) electrons. The highest BCUT2D eigenvalue weighted by Crippen LogP contribution is 2.63. The molecule has 1 spiro atoms. The van der Waals surface area contributed by atoms with Crippen LogP contribution in [0.1, 0.15) is 55.0 Å². The first-order valence-electron chi connectivity index (χ1n) is 14.3. The molecule has 8 heteroatoms. The zero-order chi connectivity index (χ0) is 28.1. The fourth-order valence-electron chi connectivity index (χ4n) is 8.38. The number of benzene rings is 1. The van der Waals surface area contributed by atoms with E-state index in [9.17, 15) is 15.2 Å². The van der Waals surface area contributed by atoms with Crippen LogP contribution < -0.4 is 4.90 Å². The van der Waals surface area contributed by atoms with Crippen molar-refractivity contribution in [2.24, 2.45) is 23.8 Å². The zero-order valence-electron chi connectivity index (χ0n) is 23.7. The van der Waals surface area contributed by atoms with Crippen molar-refractivity contribution in [2.75, 3.05) is 31.1 Å². The lowest BCUT2D eigenvalue weighted by Crippen LogP contribution is -2.64. The Bertz CT molecular complexity index is 1640. The van der Waals surface area contributed by atoms with E-state index in [4.69, 9.17) is 4.98 Å². The number of rotatable bonds is 4. The number of nitriles is 1. The van der Waals surface area contributed by atoms with Crippen molar-refractivity contribution in [1.29, 1.82) is 5.26 Å². The van der Waals surface area contributed by atoms with E-state index in [0.29, 0.717) is 42.9 Å². The molecule has 4 heterocycles. The van der Waals surface area contributed by atoms with Crippen LogP contribution in [-0.2, 0) is 18.3 Å². The van der Waals surface area contributed by atoms with Crippen molar-refractivity contribution in [2.45, 2.75) is 52.0 Å². The van der Waals surface area contributed by atoms with E-state index in [0.717, 1.165) is 52.5 Å². The summed E-state index contributed by atoms with van der Waals surface area (Å²) in [4.78, 5) is 21.6. The Morgan fingerprint density at radius 3 is 2.75 bits per heavy atom. The van der Waals surface area contributed by atoms with Gasteiger partial charge in [0, 0.05) is 54.5 Å². The van der Waals surface area contributed by atoms with Crippen LogP contribution in [0.5, 0.6) is 0 Å². The SMILES string of the molecule is C=CC(=O)N1CC2(CCN(c3nc4c(c(-c5c(C)ccc6cnn(C)c56)c3C#N)C[C@H]3C[C@@H]4C3(C)C)[C@H]2CO)C1. The number of aliphatic hydroxyl groups excluding tert-OH is 1. The van der Waals surface area contributed by atoms with Crippen molar-refractivity contribution < 1.29 is 9.90 Å². The number of hydrogen-bond donors (Lipinski definition) is 1. The van der Waals surface area contributed by atoms with E-state index < -0.39 is 0 Å². The third kappa shape index (κ3) is 3.13. The van der Waals surface area contributed by atoms with Gasteiger partial charge in [-0.15, -0.1) is 0 Å². The number of carbonyl (C=O) groups is 1. The third-order valence-electron chi connectivity index (χ3n) is 10.9.